The maximum absolute atomic E-state index is 12.9. The molecule has 0 atom stereocenters. The number of ether oxygens (including phenoxy) is 2. The Morgan fingerprint density at radius 2 is 1.31 bits per heavy atom. The SMILES string of the molecule is COc1cccc(-c2ccccc2C(=O)C(=O)c2ccccc2)c1OC. The fourth-order valence-corrected chi connectivity index (χ4v) is 2.86. The first-order valence-corrected chi connectivity index (χ1v) is 8.12. The smallest absolute Gasteiger partial charge is 0.234 e. The molecule has 0 spiro atoms. The van der Waals surface area contributed by atoms with Crippen LogP contribution in [0.5, 0.6) is 11.5 Å². The highest BCUT2D eigenvalue weighted by Gasteiger charge is 2.23. The van der Waals surface area contributed by atoms with E-state index in [1.54, 1.807) is 68.8 Å². The van der Waals surface area contributed by atoms with Gasteiger partial charge in [-0.2, -0.15) is 0 Å². The lowest BCUT2D eigenvalue weighted by Gasteiger charge is -2.15. The van der Waals surface area contributed by atoms with Gasteiger partial charge in [-0.3, -0.25) is 9.59 Å². The fraction of sp³-hybridized carbons (Fsp3) is 0.0909. The zero-order valence-electron chi connectivity index (χ0n) is 14.6. The predicted octanol–water partition coefficient (Wildman–Crippen LogP) is 4.44. The van der Waals surface area contributed by atoms with Gasteiger partial charge in [0.1, 0.15) is 0 Å². The highest BCUT2D eigenvalue weighted by atomic mass is 16.5. The molecule has 3 aromatic carbocycles. The molecule has 0 aliphatic carbocycles. The lowest BCUT2D eigenvalue weighted by atomic mass is 9.93. The number of para-hydroxylation sites is 1. The van der Waals surface area contributed by atoms with Gasteiger partial charge < -0.3 is 9.47 Å². The van der Waals surface area contributed by atoms with E-state index in [1.807, 2.05) is 18.2 Å². The molecule has 0 aliphatic rings. The number of hydrogen-bond acceptors (Lipinski definition) is 4. The Balaban J connectivity index is 2.11. The van der Waals surface area contributed by atoms with Crippen LogP contribution in [-0.4, -0.2) is 25.8 Å². The summed E-state index contributed by atoms with van der Waals surface area (Å²) in [5, 5.41) is 0. The van der Waals surface area contributed by atoms with Crippen molar-refractivity contribution in [3.63, 3.8) is 0 Å². The predicted molar refractivity (Wildman–Crippen MR) is 100 cm³/mol. The van der Waals surface area contributed by atoms with Gasteiger partial charge in [-0.25, -0.2) is 0 Å². The average Bonchev–Trinajstić information content (AvgIpc) is 2.72. The van der Waals surface area contributed by atoms with Crippen molar-refractivity contribution in [3.05, 3.63) is 83.9 Å². The summed E-state index contributed by atoms with van der Waals surface area (Å²) >= 11 is 0. The number of benzene rings is 3. The topological polar surface area (TPSA) is 52.6 Å². The molecule has 0 unspecified atom stereocenters. The van der Waals surface area contributed by atoms with Gasteiger partial charge in [0.25, 0.3) is 0 Å². The van der Waals surface area contributed by atoms with Crippen LogP contribution in [-0.2, 0) is 0 Å². The first-order chi connectivity index (χ1) is 12.7. The molecule has 4 nitrogen and oxygen atoms in total. The van der Waals surface area contributed by atoms with Gasteiger partial charge in [0.05, 0.1) is 14.2 Å². The molecule has 0 saturated heterocycles. The van der Waals surface area contributed by atoms with Crippen molar-refractivity contribution in [3.8, 4) is 22.6 Å². The van der Waals surface area contributed by atoms with Gasteiger partial charge in [0, 0.05) is 16.7 Å². The first kappa shape index (κ1) is 17.4. The van der Waals surface area contributed by atoms with Crippen molar-refractivity contribution >= 4 is 11.6 Å². The van der Waals surface area contributed by atoms with E-state index in [2.05, 4.69) is 0 Å². The van der Waals surface area contributed by atoms with Crippen LogP contribution in [0, 0.1) is 0 Å². The summed E-state index contributed by atoms with van der Waals surface area (Å²) in [4.78, 5) is 25.5. The minimum Gasteiger partial charge on any atom is -0.493 e. The quantitative estimate of drug-likeness (QED) is 0.489. The van der Waals surface area contributed by atoms with E-state index in [0.29, 0.717) is 33.8 Å². The second-order valence-corrected chi connectivity index (χ2v) is 5.61. The van der Waals surface area contributed by atoms with Crippen LogP contribution in [0.2, 0.25) is 0 Å². The molecule has 0 saturated carbocycles. The Morgan fingerprint density at radius 3 is 2.00 bits per heavy atom. The Bertz CT molecular complexity index is 945. The molecule has 0 N–H and O–H groups in total. The lowest BCUT2D eigenvalue weighted by molar-refractivity contribution is 0.0817. The molecular formula is C22H18O4. The second kappa shape index (κ2) is 7.66. The minimum absolute atomic E-state index is 0.327. The molecule has 0 radical (unpaired) electrons. The summed E-state index contributed by atoms with van der Waals surface area (Å²) in [6.45, 7) is 0. The monoisotopic (exact) mass is 346 g/mol. The van der Waals surface area contributed by atoms with E-state index in [1.165, 1.54) is 0 Å². The second-order valence-electron chi connectivity index (χ2n) is 5.61. The van der Waals surface area contributed by atoms with E-state index < -0.39 is 11.6 Å². The summed E-state index contributed by atoms with van der Waals surface area (Å²) in [7, 11) is 3.10. The van der Waals surface area contributed by atoms with Crippen molar-refractivity contribution in [2.75, 3.05) is 14.2 Å². The van der Waals surface area contributed by atoms with E-state index in [4.69, 9.17) is 9.47 Å². The average molecular weight is 346 g/mol. The van der Waals surface area contributed by atoms with Crippen molar-refractivity contribution < 1.29 is 19.1 Å². The molecule has 0 heterocycles. The molecule has 130 valence electrons. The standard InChI is InChI=1S/C22H18O4/c1-25-19-14-8-13-18(22(19)26-2)16-11-6-7-12-17(16)21(24)20(23)15-9-4-3-5-10-15/h3-14H,1-2H3. The zero-order valence-corrected chi connectivity index (χ0v) is 14.6. The summed E-state index contributed by atoms with van der Waals surface area (Å²) in [6, 6.07) is 21.0. The summed E-state index contributed by atoms with van der Waals surface area (Å²) in [6.07, 6.45) is 0. The maximum Gasteiger partial charge on any atom is 0.234 e. The fourth-order valence-electron chi connectivity index (χ4n) is 2.86. The van der Waals surface area contributed by atoms with Crippen LogP contribution in [0.25, 0.3) is 11.1 Å². The number of hydrogen-bond donors (Lipinski definition) is 0. The summed E-state index contributed by atoms with van der Waals surface area (Å²) in [5.74, 6) is -0.0272. The van der Waals surface area contributed by atoms with Crippen LogP contribution >= 0.6 is 0 Å². The molecule has 0 bridgehead atoms. The Hall–Kier alpha value is -3.40. The van der Waals surface area contributed by atoms with Crippen LogP contribution in [0.1, 0.15) is 20.7 Å². The number of carbonyl (C=O) groups is 2. The van der Waals surface area contributed by atoms with Crippen LogP contribution in [0.4, 0.5) is 0 Å². The highest BCUT2D eigenvalue weighted by Crippen LogP contribution is 2.39. The van der Waals surface area contributed by atoms with E-state index in [9.17, 15) is 9.59 Å². The Labute approximate surface area is 152 Å². The van der Waals surface area contributed by atoms with Crippen molar-refractivity contribution in [2.24, 2.45) is 0 Å². The normalized spacial score (nSPS) is 10.2. The number of rotatable bonds is 6. The van der Waals surface area contributed by atoms with Crippen LogP contribution in [0.3, 0.4) is 0 Å². The molecular weight excluding hydrogens is 328 g/mol. The number of methoxy groups -OCH3 is 2. The molecule has 3 rings (SSSR count). The molecule has 0 amide bonds. The van der Waals surface area contributed by atoms with Gasteiger partial charge >= 0.3 is 0 Å². The maximum atomic E-state index is 12.9. The van der Waals surface area contributed by atoms with Gasteiger partial charge in [-0.05, 0) is 11.6 Å². The summed E-state index contributed by atoms with van der Waals surface area (Å²) in [5.41, 5.74) is 2.01. The Kier molecular flexibility index (Phi) is 5.13. The molecule has 0 fully saturated rings. The molecule has 3 aromatic rings. The summed E-state index contributed by atoms with van der Waals surface area (Å²) < 4.78 is 10.8. The van der Waals surface area contributed by atoms with Gasteiger partial charge in [-0.1, -0.05) is 66.7 Å². The molecule has 26 heavy (non-hydrogen) atoms. The first-order valence-electron chi connectivity index (χ1n) is 8.12. The third-order valence-corrected chi connectivity index (χ3v) is 4.11. The van der Waals surface area contributed by atoms with E-state index >= 15 is 0 Å². The van der Waals surface area contributed by atoms with Crippen molar-refractivity contribution in [1.82, 2.24) is 0 Å². The number of ketones is 2. The van der Waals surface area contributed by atoms with E-state index in [-0.39, 0.29) is 0 Å². The van der Waals surface area contributed by atoms with E-state index in [0.717, 1.165) is 0 Å². The van der Waals surface area contributed by atoms with Gasteiger partial charge in [0.2, 0.25) is 11.6 Å². The largest absolute Gasteiger partial charge is 0.493 e. The third kappa shape index (κ3) is 3.22. The molecule has 0 aliphatic heterocycles. The van der Waals surface area contributed by atoms with Crippen molar-refractivity contribution in [2.45, 2.75) is 0 Å². The van der Waals surface area contributed by atoms with Crippen molar-refractivity contribution in [1.29, 1.82) is 0 Å². The number of Topliss-reactive ketones (excluding diaryl/α,β-unsaturated/α-hetero) is 2. The third-order valence-electron chi connectivity index (χ3n) is 4.11. The Morgan fingerprint density at radius 1 is 0.654 bits per heavy atom. The number of carbonyl (C=O) groups excluding carboxylic acids is 2. The lowest BCUT2D eigenvalue weighted by Crippen LogP contribution is -2.15. The zero-order chi connectivity index (χ0) is 18.5. The highest BCUT2D eigenvalue weighted by molar-refractivity contribution is 6.50. The van der Waals surface area contributed by atoms with Gasteiger partial charge in [-0.15, -0.1) is 0 Å². The van der Waals surface area contributed by atoms with Crippen LogP contribution in [0.15, 0.2) is 72.8 Å². The van der Waals surface area contributed by atoms with Gasteiger partial charge in [0.15, 0.2) is 11.5 Å². The van der Waals surface area contributed by atoms with Crippen LogP contribution < -0.4 is 9.47 Å². The molecule has 4 heteroatoms. The molecule has 0 aromatic heterocycles. The minimum atomic E-state index is -0.559.